The number of rotatable bonds is 6. The van der Waals surface area contributed by atoms with Gasteiger partial charge < -0.3 is 10.1 Å². The Hall–Kier alpha value is -3.61. The molecule has 1 aliphatic heterocycles. The van der Waals surface area contributed by atoms with Crippen LogP contribution in [0.25, 0.3) is 0 Å². The summed E-state index contributed by atoms with van der Waals surface area (Å²) in [6, 6.07) is 14.7. The Balaban J connectivity index is 1.79. The molecule has 0 radical (unpaired) electrons. The average molecular weight is 365 g/mol. The van der Waals surface area contributed by atoms with Crippen LogP contribution < -0.4 is 20.3 Å². The predicted octanol–water partition coefficient (Wildman–Crippen LogP) is 2.91. The predicted molar refractivity (Wildman–Crippen MR) is 101 cm³/mol. The molecule has 4 amide bonds. The van der Waals surface area contributed by atoms with Gasteiger partial charge in [0, 0.05) is 11.4 Å². The fourth-order valence-electron chi connectivity index (χ4n) is 2.76. The number of carbonyl (C=O) groups excluding carboxylic acids is 3. The zero-order valence-electron chi connectivity index (χ0n) is 14.8. The van der Waals surface area contributed by atoms with Crippen molar-refractivity contribution < 1.29 is 19.1 Å². The molecule has 2 aromatic carbocycles. The molecule has 0 unspecified atom stereocenters. The summed E-state index contributed by atoms with van der Waals surface area (Å²) in [6.45, 7) is 6.27. The number of hydrogen-bond acceptors (Lipinski definition) is 5. The number of ether oxygens (including phenoxy) is 1. The number of para-hydroxylation sites is 1. The van der Waals surface area contributed by atoms with Crippen molar-refractivity contribution in [1.82, 2.24) is 5.32 Å². The summed E-state index contributed by atoms with van der Waals surface area (Å²) in [5, 5.41) is 5.17. The third-order valence-electron chi connectivity index (χ3n) is 4.00. The molecular formula is C20H19N3O4. The minimum Gasteiger partial charge on any atom is -0.494 e. The lowest BCUT2D eigenvalue weighted by Crippen LogP contribution is -2.59. The molecule has 0 bridgehead atoms. The largest absolute Gasteiger partial charge is 0.494 e. The lowest BCUT2D eigenvalue weighted by molar-refractivity contribution is -0.132. The lowest BCUT2D eigenvalue weighted by atomic mass is 10.0. The molecule has 2 aromatic rings. The summed E-state index contributed by atoms with van der Waals surface area (Å²) >= 11 is 0. The zero-order chi connectivity index (χ0) is 19.4. The van der Waals surface area contributed by atoms with Crippen molar-refractivity contribution in [2.24, 2.45) is 5.92 Å². The molecule has 1 fully saturated rings. The van der Waals surface area contributed by atoms with Gasteiger partial charge in [-0.05, 0) is 43.3 Å². The van der Waals surface area contributed by atoms with Crippen LogP contribution >= 0.6 is 0 Å². The van der Waals surface area contributed by atoms with Crippen LogP contribution in [0.5, 0.6) is 5.75 Å². The minimum atomic E-state index is -1.23. The van der Waals surface area contributed by atoms with Crippen LogP contribution in [0.1, 0.15) is 6.92 Å². The molecule has 0 aliphatic carbocycles. The highest BCUT2D eigenvalue weighted by Crippen LogP contribution is 2.25. The van der Waals surface area contributed by atoms with Crippen molar-refractivity contribution in [2.45, 2.75) is 6.92 Å². The number of anilines is 2. The molecular weight excluding hydrogens is 346 g/mol. The van der Waals surface area contributed by atoms with E-state index in [1.165, 1.54) is 0 Å². The van der Waals surface area contributed by atoms with Gasteiger partial charge >= 0.3 is 6.03 Å². The normalized spacial score (nSPS) is 16.7. The number of imide groups is 2. The highest BCUT2D eigenvalue weighted by Gasteiger charge is 2.42. The van der Waals surface area contributed by atoms with E-state index in [4.69, 9.17) is 4.74 Å². The molecule has 7 nitrogen and oxygen atoms in total. The third-order valence-corrected chi connectivity index (χ3v) is 4.00. The smallest absolute Gasteiger partial charge is 0.335 e. The SMILES string of the molecule is C=C(Nc1ccc(OCC)cc1)[C@@H]1C(=O)NC(=O)N(c2ccccc2)C1=O. The Bertz CT molecular complexity index is 878. The quantitative estimate of drug-likeness (QED) is 0.769. The monoisotopic (exact) mass is 365 g/mol. The fraction of sp³-hybridized carbons (Fsp3) is 0.150. The van der Waals surface area contributed by atoms with E-state index in [0.29, 0.717) is 23.7 Å². The molecule has 1 saturated heterocycles. The van der Waals surface area contributed by atoms with Crippen LogP contribution in [-0.4, -0.2) is 24.5 Å². The Labute approximate surface area is 156 Å². The molecule has 0 spiro atoms. The number of nitrogens with zero attached hydrogens (tertiary/aromatic N) is 1. The summed E-state index contributed by atoms with van der Waals surface area (Å²) in [5.74, 6) is -1.88. The van der Waals surface area contributed by atoms with E-state index in [9.17, 15) is 14.4 Å². The Morgan fingerprint density at radius 1 is 1.11 bits per heavy atom. The second-order valence-electron chi connectivity index (χ2n) is 5.84. The standard InChI is InChI=1S/C20H19N3O4/c1-3-27-16-11-9-14(10-12-16)21-13(2)17-18(24)22-20(26)23(19(17)25)15-7-5-4-6-8-15/h4-12,17,21H,2-3H2,1H3,(H,22,24,26)/t17-/m1/s1. The van der Waals surface area contributed by atoms with Crippen LogP contribution in [0.4, 0.5) is 16.2 Å². The van der Waals surface area contributed by atoms with Gasteiger partial charge in [-0.15, -0.1) is 0 Å². The second-order valence-corrected chi connectivity index (χ2v) is 5.84. The number of barbiturate groups is 1. The first kappa shape index (κ1) is 18.2. The van der Waals surface area contributed by atoms with Gasteiger partial charge in [0.15, 0.2) is 5.92 Å². The summed E-state index contributed by atoms with van der Waals surface area (Å²) in [5.41, 5.74) is 1.20. The molecule has 3 rings (SSSR count). The van der Waals surface area contributed by atoms with Gasteiger partial charge in [-0.25, -0.2) is 9.69 Å². The van der Waals surface area contributed by atoms with Crippen LogP contribution in [0.3, 0.4) is 0 Å². The van der Waals surface area contributed by atoms with Crippen LogP contribution in [-0.2, 0) is 9.59 Å². The van der Waals surface area contributed by atoms with E-state index in [1.807, 2.05) is 6.92 Å². The van der Waals surface area contributed by atoms with Crippen LogP contribution in [0, 0.1) is 5.92 Å². The molecule has 138 valence electrons. The summed E-state index contributed by atoms with van der Waals surface area (Å²) in [7, 11) is 0. The molecule has 1 atom stereocenters. The van der Waals surface area contributed by atoms with Gasteiger partial charge in [0.2, 0.25) is 5.91 Å². The number of urea groups is 1. The molecule has 2 N–H and O–H groups in total. The van der Waals surface area contributed by atoms with E-state index in [0.717, 1.165) is 4.90 Å². The van der Waals surface area contributed by atoms with E-state index in [-0.39, 0.29) is 5.70 Å². The van der Waals surface area contributed by atoms with Crippen molar-refractivity contribution in [1.29, 1.82) is 0 Å². The van der Waals surface area contributed by atoms with Gasteiger partial charge in [0.25, 0.3) is 5.91 Å². The molecule has 1 heterocycles. The van der Waals surface area contributed by atoms with Crippen molar-refractivity contribution in [2.75, 3.05) is 16.8 Å². The number of benzene rings is 2. The molecule has 7 heteroatoms. The third kappa shape index (κ3) is 3.82. The Kier molecular flexibility index (Phi) is 5.21. The van der Waals surface area contributed by atoms with Gasteiger partial charge in [0.05, 0.1) is 12.3 Å². The summed E-state index contributed by atoms with van der Waals surface area (Å²) < 4.78 is 5.38. The van der Waals surface area contributed by atoms with E-state index < -0.39 is 23.8 Å². The Morgan fingerprint density at radius 2 is 1.78 bits per heavy atom. The maximum atomic E-state index is 12.8. The maximum Gasteiger partial charge on any atom is 0.335 e. The highest BCUT2D eigenvalue weighted by atomic mass is 16.5. The number of amides is 4. The van der Waals surface area contributed by atoms with E-state index in [2.05, 4.69) is 17.2 Å². The van der Waals surface area contributed by atoms with E-state index in [1.54, 1.807) is 54.6 Å². The number of hydrogen-bond donors (Lipinski definition) is 2. The maximum absolute atomic E-state index is 12.8. The first-order valence-electron chi connectivity index (χ1n) is 8.43. The van der Waals surface area contributed by atoms with Gasteiger partial charge in [0.1, 0.15) is 5.75 Å². The van der Waals surface area contributed by atoms with Gasteiger partial charge in [-0.1, -0.05) is 24.8 Å². The average Bonchev–Trinajstić information content (AvgIpc) is 2.64. The van der Waals surface area contributed by atoms with Crippen molar-refractivity contribution in [3.8, 4) is 5.75 Å². The zero-order valence-corrected chi connectivity index (χ0v) is 14.8. The fourth-order valence-corrected chi connectivity index (χ4v) is 2.76. The second kappa shape index (κ2) is 7.74. The Morgan fingerprint density at radius 3 is 2.41 bits per heavy atom. The summed E-state index contributed by atoms with van der Waals surface area (Å²) in [4.78, 5) is 38.2. The highest BCUT2D eigenvalue weighted by molar-refractivity contribution is 6.28. The topological polar surface area (TPSA) is 87.7 Å². The lowest BCUT2D eigenvalue weighted by Gasteiger charge is -2.31. The molecule has 27 heavy (non-hydrogen) atoms. The van der Waals surface area contributed by atoms with Crippen molar-refractivity contribution >= 4 is 29.2 Å². The van der Waals surface area contributed by atoms with Crippen LogP contribution in [0.2, 0.25) is 0 Å². The molecule has 0 saturated carbocycles. The van der Waals surface area contributed by atoms with Crippen molar-refractivity contribution in [3.63, 3.8) is 0 Å². The first-order valence-corrected chi connectivity index (χ1v) is 8.43. The molecule has 1 aliphatic rings. The van der Waals surface area contributed by atoms with Crippen LogP contribution in [0.15, 0.2) is 66.9 Å². The summed E-state index contributed by atoms with van der Waals surface area (Å²) in [6.07, 6.45) is 0. The number of carbonyl (C=O) groups is 3. The first-order chi connectivity index (χ1) is 13.0. The van der Waals surface area contributed by atoms with Crippen molar-refractivity contribution in [3.05, 3.63) is 66.9 Å². The van der Waals surface area contributed by atoms with E-state index >= 15 is 0 Å². The van der Waals surface area contributed by atoms with Gasteiger partial charge in [-0.2, -0.15) is 0 Å². The molecule has 0 aromatic heterocycles. The number of nitrogens with one attached hydrogen (secondary N) is 2. The van der Waals surface area contributed by atoms with Gasteiger partial charge in [-0.3, -0.25) is 14.9 Å². The minimum absolute atomic E-state index is 0.176.